The van der Waals surface area contributed by atoms with Gasteiger partial charge in [-0.05, 0) is 19.4 Å². The molecule has 0 radical (unpaired) electrons. The zero-order valence-electron chi connectivity index (χ0n) is 10.8. The fourth-order valence-corrected chi connectivity index (χ4v) is 1.81. The summed E-state index contributed by atoms with van der Waals surface area (Å²) in [6, 6.07) is 2.07. The number of hydrogen-bond acceptors (Lipinski definition) is 2. The number of halogens is 3. The maximum atomic E-state index is 13.5. The molecule has 19 heavy (non-hydrogen) atoms. The lowest BCUT2D eigenvalue weighted by Gasteiger charge is -2.20. The molecule has 0 amide bonds. The van der Waals surface area contributed by atoms with Gasteiger partial charge in [0.1, 0.15) is 17.7 Å². The third-order valence-corrected chi connectivity index (χ3v) is 2.76. The number of carboxylic acids is 1. The van der Waals surface area contributed by atoms with Crippen LogP contribution in [-0.2, 0) is 4.79 Å². The minimum atomic E-state index is -0.966. The fourth-order valence-electron chi connectivity index (χ4n) is 1.81. The minimum Gasteiger partial charge on any atom is -0.480 e. The highest BCUT2D eigenvalue weighted by Crippen LogP contribution is 2.18. The minimum absolute atomic E-state index is 0. The van der Waals surface area contributed by atoms with Crippen LogP contribution in [0.3, 0.4) is 0 Å². The predicted octanol–water partition coefficient (Wildman–Crippen LogP) is 3.29. The molecule has 0 fully saturated rings. The Morgan fingerprint density at radius 3 is 2.53 bits per heavy atom. The summed E-state index contributed by atoms with van der Waals surface area (Å²) in [7, 11) is 0. The van der Waals surface area contributed by atoms with Crippen LogP contribution >= 0.6 is 12.4 Å². The largest absolute Gasteiger partial charge is 0.480 e. The molecule has 3 nitrogen and oxygen atoms in total. The highest BCUT2D eigenvalue weighted by Gasteiger charge is 2.20. The van der Waals surface area contributed by atoms with Gasteiger partial charge in [-0.3, -0.25) is 10.1 Å². The molecule has 0 aliphatic rings. The lowest BCUT2D eigenvalue weighted by molar-refractivity contribution is -0.139. The first-order valence-corrected chi connectivity index (χ1v) is 5.89. The predicted molar refractivity (Wildman–Crippen MR) is 71.5 cm³/mol. The van der Waals surface area contributed by atoms with Crippen molar-refractivity contribution in [1.82, 2.24) is 5.32 Å². The summed E-state index contributed by atoms with van der Waals surface area (Å²) in [4.78, 5) is 11.0. The second-order valence-electron chi connectivity index (χ2n) is 4.23. The smallest absolute Gasteiger partial charge is 0.320 e. The van der Waals surface area contributed by atoms with Crippen LogP contribution in [0.2, 0.25) is 0 Å². The number of rotatable bonds is 6. The fraction of sp³-hybridized carbons (Fsp3) is 0.462. The van der Waals surface area contributed by atoms with Gasteiger partial charge in [-0.25, -0.2) is 8.78 Å². The van der Waals surface area contributed by atoms with Gasteiger partial charge in [0.2, 0.25) is 0 Å². The van der Waals surface area contributed by atoms with E-state index in [-0.39, 0.29) is 18.0 Å². The van der Waals surface area contributed by atoms with E-state index in [9.17, 15) is 13.6 Å². The number of hydrogen-bond donors (Lipinski definition) is 2. The molecule has 0 aliphatic carbocycles. The van der Waals surface area contributed by atoms with Gasteiger partial charge in [0.25, 0.3) is 0 Å². The van der Waals surface area contributed by atoms with E-state index in [1.165, 1.54) is 6.07 Å². The van der Waals surface area contributed by atoms with Crippen LogP contribution in [0.25, 0.3) is 0 Å². The SMILES string of the molecule is CCCC(NC(C)c1ccc(F)cc1F)C(=O)O.Cl. The Labute approximate surface area is 117 Å². The number of aliphatic carboxylic acids is 1. The molecule has 0 spiro atoms. The van der Waals surface area contributed by atoms with E-state index in [1.807, 2.05) is 6.92 Å². The monoisotopic (exact) mass is 293 g/mol. The quantitative estimate of drug-likeness (QED) is 0.846. The van der Waals surface area contributed by atoms with Gasteiger partial charge in [0, 0.05) is 17.7 Å². The van der Waals surface area contributed by atoms with Crippen molar-refractivity contribution in [1.29, 1.82) is 0 Å². The van der Waals surface area contributed by atoms with Crippen LogP contribution in [0.1, 0.15) is 38.3 Å². The first-order valence-electron chi connectivity index (χ1n) is 5.89. The van der Waals surface area contributed by atoms with Crippen LogP contribution in [0, 0.1) is 11.6 Å². The molecule has 6 heteroatoms. The Balaban J connectivity index is 0.00000324. The van der Waals surface area contributed by atoms with Crippen molar-refractivity contribution in [2.45, 2.75) is 38.8 Å². The van der Waals surface area contributed by atoms with Crippen LogP contribution in [0.4, 0.5) is 8.78 Å². The van der Waals surface area contributed by atoms with Crippen molar-refractivity contribution < 1.29 is 18.7 Å². The second-order valence-corrected chi connectivity index (χ2v) is 4.23. The topological polar surface area (TPSA) is 49.3 Å². The maximum Gasteiger partial charge on any atom is 0.320 e. The molecule has 1 aromatic rings. The first kappa shape index (κ1) is 17.8. The summed E-state index contributed by atoms with van der Waals surface area (Å²) in [5.41, 5.74) is 0.263. The molecule has 0 heterocycles. The van der Waals surface area contributed by atoms with Gasteiger partial charge in [-0.15, -0.1) is 12.4 Å². The van der Waals surface area contributed by atoms with Gasteiger partial charge >= 0.3 is 5.97 Å². The summed E-state index contributed by atoms with van der Waals surface area (Å²) < 4.78 is 26.3. The molecular formula is C13H18ClF2NO2. The molecule has 2 atom stereocenters. The summed E-state index contributed by atoms with van der Waals surface area (Å²) >= 11 is 0. The molecule has 1 aromatic carbocycles. The van der Waals surface area contributed by atoms with Crippen molar-refractivity contribution in [3.63, 3.8) is 0 Å². The number of benzene rings is 1. The van der Waals surface area contributed by atoms with Crippen molar-refractivity contribution >= 4 is 18.4 Å². The van der Waals surface area contributed by atoms with Crippen molar-refractivity contribution in [3.05, 3.63) is 35.4 Å². The molecule has 0 aromatic heterocycles. The van der Waals surface area contributed by atoms with Gasteiger partial charge in [0.05, 0.1) is 0 Å². The molecule has 0 saturated carbocycles. The highest BCUT2D eigenvalue weighted by molar-refractivity contribution is 5.85. The molecule has 2 unspecified atom stereocenters. The molecule has 1 rings (SSSR count). The zero-order valence-corrected chi connectivity index (χ0v) is 11.6. The number of carbonyl (C=O) groups is 1. The summed E-state index contributed by atoms with van der Waals surface area (Å²) in [5.74, 6) is -2.28. The van der Waals surface area contributed by atoms with Gasteiger partial charge in [0.15, 0.2) is 0 Å². The lowest BCUT2D eigenvalue weighted by Crippen LogP contribution is -2.38. The van der Waals surface area contributed by atoms with E-state index >= 15 is 0 Å². The Morgan fingerprint density at radius 1 is 1.42 bits per heavy atom. The van der Waals surface area contributed by atoms with Crippen LogP contribution in [0.5, 0.6) is 0 Å². The standard InChI is InChI=1S/C13H17F2NO2.ClH/c1-3-4-12(13(17)18)16-8(2)10-6-5-9(14)7-11(10)15;/h5-8,12,16H,3-4H2,1-2H3,(H,17,18);1H. The van der Waals surface area contributed by atoms with Crippen molar-refractivity contribution in [2.24, 2.45) is 0 Å². The number of carboxylic acid groups (broad SMARTS) is 1. The Kier molecular flexibility index (Phi) is 7.56. The summed E-state index contributed by atoms with van der Waals surface area (Å²) in [6.45, 7) is 3.53. The molecule has 0 bridgehead atoms. The summed E-state index contributed by atoms with van der Waals surface area (Å²) in [5, 5.41) is 11.8. The summed E-state index contributed by atoms with van der Waals surface area (Å²) in [6.07, 6.45) is 1.17. The molecule has 2 N–H and O–H groups in total. The van der Waals surface area contributed by atoms with E-state index in [0.29, 0.717) is 12.8 Å². The first-order chi connectivity index (χ1) is 8.45. The second kappa shape index (κ2) is 8.07. The van der Waals surface area contributed by atoms with E-state index < -0.39 is 29.7 Å². The van der Waals surface area contributed by atoms with E-state index in [1.54, 1.807) is 6.92 Å². The molecule has 0 aliphatic heterocycles. The third-order valence-electron chi connectivity index (χ3n) is 2.76. The van der Waals surface area contributed by atoms with Gasteiger partial charge < -0.3 is 5.11 Å². The van der Waals surface area contributed by atoms with E-state index in [2.05, 4.69) is 5.32 Å². The third kappa shape index (κ3) is 5.12. The average Bonchev–Trinajstić information content (AvgIpc) is 2.27. The Morgan fingerprint density at radius 2 is 2.05 bits per heavy atom. The number of nitrogens with one attached hydrogen (secondary N) is 1. The Bertz CT molecular complexity index is 429. The molecule has 108 valence electrons. The highest BCUT2D eigenvalue weighted by atomic mass is 35.5. The van der Waals surface area contributed by atoms with Crippen LogP contribution < -0.4 is 5.32 Å². The van der Waals surface area contributed by atoms with E-state index in [0.717, 1.165) is 12.1 Å². The Hall–Kier alpha value is -1.20. The van der Waals surface area contributed by atoms with Gasteiger partial charge in [-0.2, -0.15) is 0 Å². The molecular weight excluding hydrogens is 276 g/mol. The van der Waals surface area contributed by atoms with Crippen molar-refractivity contribution in [3.8, 4) is 0 Å². The average molecular weight is 294 g/mol. The molecule has 0 saturated heterocycles. The van der Waals surface area contributed by atoms with Crippen molar-refractivity contribution in [2.75, 3.05) is 0 Å². The normalized spacial score (nSPS) is 13.5. The maximum absolute atomic E-state index is 13.5. The lowest BCUT2D eigenvalue weighted by atomic mass is 10.0. The van der Waals surface area contributed by atoms with Crippen LogP contribution in [-0.4, -0.2) is 17.1 Å². The van der Waals surface area contributed by atoms with E-state index in [4.69, 9.17) is 5.11 Å². The zero-order chi connectivity index (χ0) is 13.7. The van der Waals surface area contributed by atoms with Gasteiger partial charge in [-0.1, -0.05) is 19.4 Å². The van der Waals surface area contributed by atoms with Crippen LogP contribution in [0.15, 0.2) is 18.2 Å².